The Bertz CT molecular complexity index is 796. The summed E-state index contributed by atoms with van der Waals surface area (Å²) in [4.78, 5) is 29.2. The number of benzene rings is 1. The van der Waals surface area contributed by atoms with Gasteiger partial charge in [0.2, 0.25) is 0 Å². The summed E-state index contributed by atoms with van der Waals surface area (Å²) in [5.41, 5.74) is 4.21. The number of carbonyl (C=O) groups excluding carboxylic acids is 1. The van der Waals surface area contributed by atoms with Crippen molar-refractivity contribution in [3.8, 4) is 5.75 Å². The van der Waals surface area contributed by atoms with Gasteiger partial charge < -0.3 is 15.7 Å². The Morgan fingerprint density at radius 2 is 2.19 bits per heavy atom. The molecule has 1 aliphatic carbocycles. The zero-order valence-corrected chi connectivity index (χ0v) is 11.8. The Hall–Kier alpha value is -2.21. The van der Waals surface area contributed by atoms with Crippen molar-refractivity contribution in [3.63, 3.8) is 0 Å². The molecule has 21 heavy (non-hydrogen) atoms. The van der Waals surface area contributed by atoms with E-state index in [4.69, 9.17) is 22.2 Å². The molecular formula is C14H13ClN2O4. The number of hydrogen-bond acceptors (Lipinski definition) is 4. The minimum Gasteiger partial charge on any atom is -0.506 e. The number of carbonyl (C=O) groups is 1. The van der Waals surface area contributed by atoms with E-state index >= 15 is 0 Å². The summed E-state index contributed by atoms with van der Waals surface area (Å²) in [5, 5.41) is 10.8. The molecule has 1 heterocycles. The third kappa shape index (κ3) is 2.42. The van der Waals surface area contributed by atoms with Gasteiger partial charge in [0, 0.05) is 10.4 Å². The van der Waals surface area contributed by atoms with E-state index < -0.39 is 22.8 Å². The second kappa shape index (κ2) is 4.96. The zero-order valence-electron chi connectivity index (χ0n) is 11.0. The molecule has 0 atom stereocenters. The molecule has 1 aliphatic rings. The van der Waals surface area contributed by atoms with E-state index in [9.17, 15) is 14.7 Å². The lowest BCUT2D eigenvalue weighted by molar-refractivity contribution is 0.0945. The maximum absolute atomic E-state index is 12.3. The smallest absolute Gasteiger partial charge is 0.300 e. The number of aromatic nitrogens is 1. The van der Waals surface area contributed by atoms with Crippen molar-refractivity contribution in [2.75, 3.05) is 6.61 Å². The highest BCUT2D eigenvalue weighted by atomic mass is 35.5. The first kappa shape index (κ1) is 13.8. The van der Waals surface area contributed by atoms with Gasteiger partial charge in [-0.2, -0.15) is 0 Å². The van der Waals surface area contributed by atoms with Crippen LogP contribution in [0.1, 0.15) is 23.2 Å². The minimum absolute atomic E-state index is 0.281. The molecule has 110 valence electrons. The van der Waals surface area contributed by atoms with Gasteiger partial charge in [-0.1, -0.05) is 11.6 Å². The average molecular weight is 309 g/mol. The fourth-order valence-electron chi connectivity index (χ4n) is 2.13. The van der Waals surface area contributed by atoms with Crippen LogP contribution in [0.15, 0.2) is 23.0 Å². The van der Waals surface area contributed by atoms with E-state index in [2.05, 4.69) is 0 Å². The summed E-state index contributed by atoms with van der Waals surface area (Å²) in [5.74, 6) is -1.04. The summed E-state index contributed by atoms with van der Waals surface area (Å²) in [7, 11) is 0. The Morgan fingerprint density at radius 1 is 1.48 bits per heavy atom. The van der Waals surface area contributed by atoms with Crippen LogP contribution in [0.25, 0.3) is 10.9 Å². The number of pyridine rings is 1. The lowest BCUT2D eigenvalue weighted by Crippen LogP contribution is -2.34. The molecular weight excluding hydrogens is 296 g/mol. The summed E-state index contributed by atoms with van der Waals surface area (Å²) in [6.45, 7) is 0.366. The van der Waals surface area contributed by atoms with E-state index in [0.29, 0.717) is 23.1 Å². The molecule has 2 aromatic rings. The van der Waals surface area contributed by atoms with Crippen molar-refractivity contribution in [1.29, 1.82) is 0 Å². The molecule has 3 N–H and O–H groups in total. The van der Waals surface area contributed by atoms with E-state index in [1.54, 1.807) is 6.07 Å². The predicted octanol–water partition coefficient (Wildman–Crippen LogP) is 1.30. The van der Waals surface area contributed by atoms with Crippen LogP contribution in [0.2, 0.25) is 5.02 Å². The third-order valence-electron chi connectivity index (χ3n) is 3.45. The minimum atomic E-state index is -1.00. The summed E-state index contributed by atoms with van der Waals surface area (Å²) >= 11 is 5.93. The Balaban J connectivity index is 2.27. The van der Waals surface area contributed by atoms with Crippen LogP contribution in [0, 0.1) is 5.92 Å². The van der Waals surface area contributed by atoms with Crippen LogP contribution >= 0.6 is 11.6 Å². The second-order valence-corrected chi connectivity index (χ2v) is 5.52. The fraction of sp³-hybridized carbons (Fsp3) is 0.286. The van der Waals surface area contributed by atoms with Crippen LogP contribution in [0.4, 0.5) is 0 Å². The molecule has 3 rings (SSSR count). The molecule has 1 aromatic heterocycles. The van der Waals surface area contributed by atoms with Crippen LogP contribution in [-0.2, 0) is 0 Å². The van der Waals surface area contributed by atoms with E-state index in [-0.39, 0.29) is 5.39 Å². The first-order valence-electron chi connectivity index (χ1n) is 6.49. The highest BCUT2D eigenvalue weighted by Crippen LogP contribution is 2.30. The van der Waals surface area contributed by atoms with E-state index in [1.807, 2.05) is 0 Å². The number of nitrogens with two attached hydrogens (primary N) is 1. The first-order valence-corrected chi connectivity index (χ1v) is 6.87. The Kier molecular flexibility index (Phi) is 3.25. The van der Waals surface area contributed by atoms with Gasteiger partial charge in [-0.15, -0.1) is 4.73 Å². The van der Waals surface area contributed by atoms with Crippen molar-refractivity contribution in [2.45, 2.75) is 12.8 Å². The number of hydrogen-bond donors (Lipinski definition) is 2. The number of halogens is 1. The van der Waals surface area contributed by atoms with Gasteiger partial charge in [0.25, 0.3) is 11.5 Å². The number of aromatic hydroxyl groups is 1. The molecule has 7 heteroatoms. The van der Waals surface area contributed by atoms with Gasteiger partial charge in [0.15, 0.2) is 0 Å². The van der Waals surface area contributed by atoms with Gasteiger partial charge >= 0.3 is 0 Å². The maximum atomic E-state index is 12.3. The molecule has 0 aliphatic heterocycles. The van der Waals surface area contributed by atoms with Crippen molar-refractivity contribution in [2.24, 2.45) is 11.7 Å². The lowest BCUT2D eigenvalue weighted by Gasteiger charge is -2.14. The van der Waals surface area contributed by atoms with Gasteiger partial charge in [-0.25, -0.2) is 0 Å². The Labute approximate surface area is 124 Å². The summed E-state index contributed by atoms with van der Waals surface area (Å²) < 4.78 is 0.985. The van der Waals surface area contributed by atoms with Crippen molar-refractivity contribution < 1.29 is 14.7 Å². The standard InChI is InChI=1S/C14H13ClN2O4/c15-8-3-4-9-10(5-8)17(21-6-7-1-2-7)14(20)11(12(9)18)13(16)19/h3-5,7,18H,1-2,6H2,(H2,16,19). The highest BCUT2D eigenvalue weighted by molar-refractivity contribution is 6.31. The van der Waals surface area contributed by atoms with Crippen LogP contribution in [0.3, 0.4) is 0 Å². The van der Waals surface area contributed by atoms with Crippen LogP contribution in [0.5, 0.6) is 5.75 Å². The monoisotopic (exact) mass is 308 g/mol. The van der Waals surface area contributed by atoms with Gasteiger partial charge in [0.1, 0.15) is 17.9 Å². The van der Waals surface area contributed by atoms with Gasteiger partial charge in [-0.05, 0) is 37.0 Å². The number of fused-ring (bicyclic) bond motifs is 1. The molecule has 0 spiro atoms. The molecule has 0 radical (unpaired) electrons. The molecule has 0 bridgehead atoms. The number of rotatable bonds is 4. The van der Waals surface area contributed by atoms with E-state index in [0.717, 1.165) is 17.6 Å². The maximum Gasteiger partial charge on any atom is 0.300 e. The molecule has 1 saturated carbocycles. The Morgan fingerprint density at radius 3 is 2.81 bits per heavy atom. The van der Waals surface area contributed by atoms with Crippen molar-refractivity contribution in [1.82, 2.24) is 4.73 Å². The van der Waals surface area contributed by atoms with Gasteiger partial charge in [0.05, 0.1) is 5.52 Å². The molecule has 1 aromatic carbocycles. The normalized spacial score (nSPS) is 14.3. The third-order valence-corrected chi connectivity index (χ3v) is 3.69. The summed E-state index contributed by atoms with van der Waals surface area (Å²) in [6.07, 6.45) is 2.10. The SMILES string of the molecule is NC(=O)c1c(O)c2ccc(Cl)cc2n(OCC2CC2)c1=O. The molecule has 0 saturated heterocycles. The molecule has 6 nitrogen and oxygen atoms in total. The number of amides is 1. The molecule has 1 fully saturated rings. The first-order chi connectivity index (χ1) is 9.99. The predicted molar refractivity (Wildman–Crippen MR) is 77.6 cm³/mol. The van der Waals surface area contributed by atoms with Crippen LogP contribution < -0.4 is 16.1 Å². The van der Waals surface area contributed by atoms with Crippen LogP contribution in [-0.4, -0.2) is 22.4 Å². The number of nitrogens with zero attached hydrogens (tertiary/aromatic N) is 1. The lowest BCUT2D eigenvalue weighted by atomic mass is 10.1. The molecule has 0 unspecified atom stereocenters. The topological polar surface area (TPSA) is 94.6 Å². The average Bonchev–Trinajstić information content (AvgIpc) is 3.22. The fourth-order valence-corrected chi connectivity index (χ4v) is 2.30. The van der Waals surface area contributed by atoms with Crippen molar-refractivity contribution in [3.05, 3.63) is 39.1 Å². The number of primary amides is 1. The second-order valence-electron chi connectivity index (χ2n) is 5.09. The van der Waals surface area contributed by atoms with Gasteiger partial charge in [-0.3, -0.25) is 9.59 Å². The van der Waals surface area contributed by atoms with Crippen molar-refractivity contribution >= 4 is 28.4 Å². The summed E-state index contributed by atoms with van der Waals surface area (Å²) in [6, 6.07) is 4.55. The highest BCUT2D eigenvalue weighted by Gasteiger charge is 2.25. The molecule has 1 amide bonds. The quantitative estimate of drug-likeness (QED) is 0.890. The van der Waals surface area contributed by atoms with E-state index in [1.165, 1.54) is 12.1 Å². The zero-order chi connectivity index (χ0) is 15.1. The largest absolute Gasteiger partial charge is 0.506 e.